The van der Waals surface area contributed by atoms with E-state index in [0.717, 1.165) is 5.69 Å². The highest BCUT2D eigenvalue weighted by molar-refractivity contribution is 5.89. The largest absolute Gasteiger partial charge is 0.478 e. The molecule has 0 spiro atoms. The Labute approximate surface area is 112 Å². The molecule has 1 saturated heterocycles. The maximum atomic E-state index is 10.9. The molecule has 5 nitrogen and oxygen atoms in total. The van der Waals surface area contributed by atoms with Crippen LogP contribution < -0.4 is 4.90 Å². The van der Waals surface area contributed by atoms with Crippen LogP contribution in [0.15, 0.2) is 18.2 Å². The number of carboxylic acids is 1. The Bertz CT molecular complexity index is 526. The van der Waals surface area contributed by atoms with Crippen molar-refractivity contribution in [1.29, 1.82) is 5.26 Å². The number of nitrogens with zero attached hydrogens (tertiary/aromatic N) is 2. The Morgan fingerprint density at radius 1 is 1.42 bits per heavy atom. The second-order valence-electron chi connectivity index (χ2n) is 4.81. The molecule has 0 bridgehead atoms. The molecule has 0 aromatic heterocycles. The average Bonchev–Trinajstić information content (AvgIpc) is 2.36. The summed E-state index contributed by atoms with van der Waals surface area (Å²) >= 11 is 0. The van der Waals surface area contributed by atoms with E-state index in [2.05, 4.69) is 11.0 Å². The predicted octanol–water partition coefficient (Wildman–Crippen LogP) is 1.87. The number of hydrogen-bond donors (Lipinski definition) is 1. The number of carboxylic acid groups (broad SMARTS) is 1. The monoisotopic (exact) mass is 260 g/mol. The molecule has 1 heterocycles. The van der Waals surface area contributed by atoms with Crippen molar-refractivity contribution in [1.82, 2.24) is 0 Å². The zero-order valence-electron chi connectivity index (χ0n) is 11.0. The van der Waals surface area contributed by atoms with Crippen LogP contribution in [-0.2, 0) is 4.74 Å². The minimum absolute atomic E-state index is 0.0921. The first kappa shape index (κ1) is 13.4. The van der Waals surface area contributed by atoms with Crippen LogP contribution in [0, 0.1) is 11.3 Å². The summed E-state index contributed by atoms with van der Waals surface area (Å²) in [6.07, 6.45) is 0.184. The number of carbonyl (C=O) groups is 1. The van der Waals surface area contributed by atoms with Gasteiger partial charge in [-0.3, -0.25) is 0 Å². The minimum atomic E-state index is -1.02. The standard InChI is InChI=1S/C14H16N2O3/c1-9-7-16(8-10(2)19-9)13-4-3-11(14(17)18)5-12(13)6-15/h3-5,9-10H,7-8H2,1-2H3,(H,17,18)/t9-,10+. The quantitative estimate of drug-likeness (QED) is 0.878. The molecule has 100 valence electrons. The summed E-state index contributed by atoms with van der Waals surface area (Å²) in [4.78, 5) is 13.0. The Hall–Kier alpha value is -2.06. The molecule has 0 unspecified atom stereocenters. The number of morpholine rings is 1. The van der Waals surface area contributed by atoms with Gasteiger partial charge in [-0.25, -0.2) is 4.79 Å². The molecule has 1 N–H and O–H groups in total. The van der Waals surface area contributed by atoms with Crippen LogP contribution >= 0.6 is 0 Å². The molecule has 0 amide bonds. The summed E-state index contributed by atoms with van der Waals surface area (Å²) in [5.74, 6) is -1.02. The van der Waals surface area contributed by atoms with E-state index in [0.29, 0.717) is 18.7 Å². The summed E-state index contributed by atoms with van der Waals surface area (Å²) in [6.45, 7) is 5.37. The van der Waals surface area contributed by atoms with Gasteiger partial charge in [0.15, 0.2) is 0 Å². The molecule has 5 heteroatoms. The van der Waals surface area contributed by atoms with Gasteiger partial charge < -0.3 is 14.7 Å². The van der Waals surface area contributed by atoms with Crippen molar-refractivity contribution in [3.05, 3.63) is 29.3 Å². The summed E-state index contributed by atoms with van der Waals surface area (Å²) in [5.41, 5.74) is 1.30. The van der Waals surface area contributed by atoms with Gasteiger partial charge in [-0.1, -0.05) is 0 Å². The molecular formula is C14H16N2O3. The van der Waals surface area contributed by atoms with Crippen molar-refractivity contribution < 1.29 is 14.6 Å². The Kier molecular flexibility index (Phi) is 3.72. The molecule has 1 aliphatic heterocycles. The Morgan fingerprint density at radius 2 is 2.05 bits per heavy atom. The minimum Gasteiger partial charge on any atom is -0.478 e. The number of benzene rings is 1. The van der Waals surface area contributed by atoms with E-state index in [-0.39, 0.29) is 17.8 Å². The van der Waals surface area contributed by atoms with Crippen LogP contribution in [0.25, 0.3) is 0 Å². The fourth-order valence-electron chi connectivity index (χ4n) is 2.41. The molecular weight excluding hydrogens is 244 g/mol. The molecule has 1 aromatic rings. The molecule has 2 atom stereocenters. The number of hydrogen-bond acceptors (Lipinski definition) is 4. The van der Waals surface area contributed by atoms with E-state index < -0.39 is 5.97 Å². The van der Waals surface area contributed by atoms with Gasteiger partial charge in [0, 0.05) is 13.1 Å². The fourth-order valence-corrected chi connectivity index (χ4v) is 2.41. The average molecular weight is 260 g/mol. The SMILES string of the molecule is C[C@@H]1CN(c2ccc(C(=O)O)cc2C#N)C[C@H](C)O1. The number of nitriles is 1. The normalized spacial score (nSPS) is 22.9. The number of anilines is 1. The van der Waals surface area contributed by atoms with Crippen molar-refractivity contribution in [2.45, 2.75) is 26.1 Å². The van der Waals surface area contributed by atoms with E-state index in [4.69, 9.17) is 9.84 Å². The van der Waals surface area contributed by atoms with Gasteiger partial charge >= 0.3 is 5.97 Å². The lowest BCUT2D eigenvalue weighted by atomic mass is 10.1. The van der Waals surface area contributed by atoms with Crippen LogP contribution in [0.1, 0.15) is 29.8 Å². The third-order valence-corrected chi connectivity index (χ3v) is 3.12. The number of ether oxygens (including phenoxy) is 1. The molecule has 0 saturated carbocycles. The highest BCUT2D eigenvalue weighted by Gasteiger charge is 2.24. The second-order valence-corrected chi connectivity index (χ2v) is 4.81. The fraction of sp³-hybridized carbons (Fsp3) is 0.429. The molecule has 1 fully saturated rings. The first-order valence-electron chi connectivity index (χ1n) is 6.19. The van der Waals surface area contributed by atoms with Crippen LogP contribution in [0.5, 0.6) is 0 Å². The first-order chi connectivity index (χ1) is 9.01. The van der Waals surface area contributed by atoms with Crippen molar-refractivity contribution in [3.63, 3.8) is 0 Å². The van der Waals surface area contributed by atoms with Crippen molar-refractivity contribution in [3.8, 4) is 6.07 Å². The van der Waals surface area contributed by atoms with Crippen molar-refractivity contribution in [2.75, 3.05) is 18.0 Å². The first-order valence-corrected chi connectivity index (χ1v) is 6.19. The van der Waals surface area contributed by atoms with E-state index in [1.54, 1.807) is 6.07 Å². The molecule has 2 rings (SSSR count). The third-order valence-electron chi connectivity index (χ3n) is 3.12. The summed E-state index contributed by atoms with van der Waals surface area (Å²) in [6, 6.07) is 6.72. The molecule has 1 aromatic carbocycles. The van der Waals surface area contributed by atoms with E-state index in [1.165, 1.54) is 12.1 Å². The Morgan fingerprint density at radius 3 is 2.58 bits per heavy atom. The topological polar surface area (TPSA) is 73.6 Å². The summed E-state index contributed by atoms with van der Waals surface area (Å²) in [5, 5.41) is 18.1. The Balaban J connectivity index is 2.34. The maximum Gasteiger partial charge on any atom is 0.335 e. The number of rotatable bonds is 2. The molecule has 19 heavy (non-hydrogen) atoms. The van der Waals surface area contributed by atoms with E-state index in [1.807, 2.05) is 13.8 Å². The predicted molar refractivity (Wildman–Crippen MR) is 70.3 cm³/mol. The van der Waals surface area contributed by atoms with Crippen LogP contribution in [0.4, 0.5) is 5.69 Å². The summed E-state index contributed by atoms with van der Waals surface area (Å²) < 4.78 is 5.65. The third kappa shape index (κ3) is 2.85. The molecule has 1 aliphatic rings. The second kappa shape index (κ2) is 5.29. The lowest BCUT2D eigenvalue weighted by molar-refractivity contribution is -0.00523. The maximum absolute atomic E-state index is 10.9. The lowest BCUT2D eigenvalue weighted by Crippen LogP contribution is -2.45. The molecule has 0 aliphatic carbocycles. The molecule has 0 radical (unpaired) electrons. The van der Waals surface area contributed by atoms with Gasteiger partial charge in [0.25, 0.3) is 0 Å². The van der Waals surface area contributed by atoms with Gasteiger partial charge in [-0.2, -0.15) is 5.26 Å². The smallest absolute Gasteiger partial charge is 0.335 e. The van der Waals surface area contributed by atoms with Crippen LogP contribution in [0.2, 0.25) is 0 Å². The zero-order valence-corrected chi connectivity index (χ0v) is 11.0. The van der Waals surface area contributed by atoms with Crippen LogP contribution in [-0.4, -0.2) is 36.4 Å². The van der Waals surface area contributed by atoms with Gasteiger partial charge in [0.2, 0.25) is 0 Å². The lowest BCUT2D eigenvalue weighted by Gasteiger charge is -2.37. The van der Waals surface area contributed by atoms with E-state index in [9.17, 15) is 10.1 Å². The van der Waals surface area contributed by atoms with Gasteiger partial charge in [0.1, 0.15) is 6.07 Å². The van der Waals surface area contributed by atoms with Crippen LogP contribution in [0.3, 0.4) is 0 Å². The highest BCUT2D eigenvalue weighted by Crippen LogP contribution is 2.25. The number of aromatic carboxylic acids is 1. The zero-order chi connectivity index (χ0) is 14.0. The van der Waals surface area contributed by atoms with E-state index >= 15 is 0 Å². The van der Waals surface area contributed by atoms with Crippen molar-refractivity contribution >= 4 is 11.7 Å². The highest BCUT2D eigenvalue weighted by atomic mass is 16.5. The van der Waals surface area contributed by atoms with Gasteiger partial charge in [0.05, 0.1) is 29.0 Å². The van der Waals surface area contributed by atoms with Gasteiger partial charge in [-0.05, 0) is 32.0 Å². The summed E-state index contributed by atoms with van der Waals surface area (Å²) in [7, 11) is 0. The van der Waals surface area contributed by atoms with Crippen molar-refractivity contribution in [2.24, 2.45) is 0 Å². The van der Waals surface area contributed by atoms with Gasteiger partial charge in [-0.15, -0.1) is 0 Å².